The molecule has 0 bridgehead atoms. The first kappa shape index (κ1) is 25.4. The second-order valence-corrected chi connectivity index (χ2v) is 8.01. The van der Waals surface area contributed by atoms with Crippen molar-refractivity contribution in [3.63, 3.8) is 0 Å². The number of ether oxygens (including phenoxy) is 1. The van der Waals surface area contributed by atoms with Gasteiger partial charge in [-0.25, -0.2) is 18.3 Å². The average Bonchev–Trinajstić information content (AvgIpc) is 3.33. The van der Waals surface area contributed by atoms with E-state index in [0.717, 1.165) is 17.7 Å². The molecule has 10 heteroatoms. The number of likely N-dealkylation sites (N-methyl/N-ethyl adjacent to an activating group) is 1. The first-order chi connectivity index (χ1) is 17.9. The molecule has 1 heterocycles. The van der Waals surface area contributed by atoms with Crippen LogP contribution in [-0.4, -0.2) is 46.8 Å². The fraction of sp³-hybridized carbons (Fsp3) is 0.148. The number of benzene rings is 3. The molecular weight excluding hydrogens is 480 g/mol. The Morgan fingerprint density at radius 1 is 0.946 bits per heavy atom. The fourth-order valence-electron chi connectivity index (χ4n) is 3.60. The van der Waals surface area contributed by atoms with Gasteiger partial charge in [0, 0.05) is 29.9 Å². The summed E-state index contributed by atoms with van der Waals surface area (Å²) in [6.45, 7) is 1.63. The molecule has 8 nitrogen and oxygen atoms in total. The molecule has 0 spiro atoms. The molecule has 37 heavy (non-hydrogen) atoms. The Morgan fingerprint density at radius 2 is 1.68 bits per heavy atom. The van der Waals surface area contributed by atoms with Crippen molar-refractivity contribution in [2.75, 3.05) is 30.8 Å². The highest BCUT2D eigenvalue weighted by Gasteiger charge is 2.19. The summed E-state index contributed by atoms with van der Waals surface area (Å²) >= 11 is 0. The third kappa shape index (κ3) is 6.10. The van der Waals surface area contributed by atoms with Gasteiger partial charge >= 0.3 is 6.03 Å². The minimum absolute atomic E-state index is 0.0767. The van der Waals surface area contributed by atoms with Gasteiger partial charge in [-0.15, -0.1) is 0 Å². The largest absolute Gasteiger partial charge is 0.497 e. The van der Waals surface area contributed by atoms with Crippen LogP contribution in [0.1, 0.15) is 6.92 Å². The van der Waals surface area contributed by atoms with Crippen LogP contribution in [0.15, 0.2) is 78.9 Å². The molecule has 2 N–H and O–H groups in total. The molecule has 4 rings (SSSR count). The van der Waals surface area contributed by atoms with E-state index in [1.54, 1.807) is 36.9 Å². The number of hydrogen-bond donors (Lipinski definition) is 2. The molecule has 3 amide bonds. The minimum atomic E-state index is -1.08. The van der Waals surface area contributed by atoms with Crippen LogP contribution in [0, 0.1) is 11.6 Å². The first-order valence-electron chi connectivity index (χ1n) is 11.5. The maximum absolute atomic E-state index is 13.5. The predicted octanol–water partition coefficient (Wildman–Crippen LogP) is 5.32. The van der Waals surface area contributed by atoms with Crippen LogP contribution in [0.25, 0.3) is 16.9 Å². The number of amides is 3. The van der Waals surface area contributed by atoms with Crippen molar-refractivity contribution in [3.8, 4) is 22.7 Å². The van der Waals surface area contributed by atoms with E-state index >= 15 is 0 Å². The summed E-state index contributed by atoms with van der Waals surface area (Å²) in [5.74, 6) is -1.48. The summed E-state index contributed by atoms with van der Waals surface area (Å²) in [5.41, 5.74) is 2.29. The molecule has 0 radical (unpaired) electrons. The third-order valence-electron chi connectivity index (χ3n) is 5.54. The second-order valence-electron chi connectivity index (χ2n) is 8.01. The smallest absolute Gasteiger partial charge is 0.322 e. The van der Waals surface area contributed by atoms with Crippen LogP contribution in [0.3, 0.4) is 0 Å². The van der Waals surface area contributed by atoms with Gasteiger partial charge in [0.25, 0.3) is 0 Å². The lowest BCUT2D eigenvalue weighted by molar-refractivity contribution is -0.116. The van der Waals surface area contributed by atoms with Gasteiger partial charge in [0.2, 0.25) is 5.91 Å². The van der Waals surface area contributed by atoms with Gasteiger partial charge in [-0.05, 0) is 43.3 Å². The van der Waals surface area contributed by atoms with Gasteiger partial charge in [-0.3, -0.25) is 4.79 Å². The number of urea groups is 1. The minimum Gasteiger partial charge on any atom is -0.497 e. The summed E-state index contributed by atoms with van der Waals surface area (Å²) in [4.78, 5) is 26.9. The van der Waals surface area contributed by atoms with Crippen LogP contribution in [0.5, 0.6) is 5.75 Å². The van der Waals surface area contributed by atoms with E-state index in [9.17, 15) is 18.4 Å². The quantitative estimate of drug-likeness (QED) is 0.339. The second kappa shape index (κ2) is 11.3. The molecule has 3 aromatic carbocycles. The zero-order valence-electron chi connectivity index (χ0n) is 20.2. The number of aromatic nitrogens is 2. The molecule has 0 atom stereocenters. The summed E-state index contributed by atoms with van der Waals surface area (Å²) in [7, 11) is 1.57. The van der Waals surface area contributed by atoms with Gasteiger partial charge in [0.05, 0.1) is 18.5 Å². The Morgan fingerprint density at radius 3 is 2.32 bits per heavy atom. The Balaban J connectivity index is 1.53. The Kier molecular flexibility index (Phi) is 7.77. The number of halogens is 2. The molecule has 0 aliphatic carbocycles. The molecule has 0 saturated heterocycles. The van der Waals surface area contributed by atoms with Crippen LogP contribution >= 0.6 is 0 Å². The van der Waals surface area contributed by atoms with E-state index in [2.05, 4.69) is 15.7 Å². The topological polar surface area (TPSA) is 88.5 Å². The van der Waals surface area contributed by atoms with Crippen molar-refractivity contribution < 1.29 is 23.1 Å². The van der Waals surface area contributed by atoms with Gasteiger partial charge in [-0.2, -0.15) is 5.10 Å². The lowest BCUT2D eigenvalue weighted by Crippen LogP contribution is -2.40. The highest BCUT2D eigenvalue weighted by molar-refractivity contribution is 5.97. The van der Waals surface area contributed by atoms with Crippen LogP contribution in [0.4, 0.5) is 25.1 Å². The van der Waals surface area contributed by atoms with Gasteiger partial charge in [0.15, 0.2) is 11.6 Å². The molecular formula is C27H25F2N5O3. The fourth-order valence-corrected chi connectivity index (χ4v) is 3.60. The Labute approximate surface area is 212 Å². The molecule has 0 aliphatic rings. The van der Waals surface area contributed by atoms with E-state index in [-0.39, 0.29) is 18.8 Å². The van der Waals surface area contributed by atoms with Crippen molar-refractivity contribution in [1.82, 2.24) is 14.7 Å². The van der Waals surface area contributed by atoms with Crippen molar-refractivity contribution in [3.05, 3.63) is 90.5 Å². The standard InChI is InChI=1S/C27H25F2N5O3/c1-3-33(27(36)30-19-9-14-22(28)23(29)15-19)17-26(35)31-25-16-24(18-7-5-4-6-8-18)32-34(25)20-10-12-21(37-2)13-11-20/h4-16H,3,17H2,1-2H3,(H,30,36)(H,31,35). The number of methoxy groups -OCH3 is 1. The summed E-state index contributed by atoms with van der Waals surface area (Å²) < 4.78 is 33.5. The SMILES string of the molecule is CCN(CC(=O)Nc1cc(-c2ccccc2)nn1-c1ccc(OC)cc1)C(=O)Nc1ccc(F)c(F)c1. The predicted molar refractivity (Wildman–Crippen MR) is 137 cm³/mol. The average molecular weight is 506 g/mol. The molecule has 0 saturated carbocycles. The first-order valence-corrected chi connectivity index (χ1v) is 11.5. The number of carbonyl (C=O) groups is 2. The number of anilines is 2. The highest BCUT2D eigenvalue weighted by Crippen LogP contribution is 2.26. The normalized spacial score (nSPS) is 10.6. The lowest BCUT2D eigenvalue weighted by Gasteiger charge is -2.21. The molecule has 0 unspecified atom stereocenters. The molecule has 0 aliphatic heterocycles. The highest BCUT2D eigenvalue weighted by atomic mass is 19.2. The maximum Gasteiger partial charge on any atom is 0.322 e. The number of hydrogen-bond acceptors (Lipinski definition) is 4. The van der Waals surface area contributed by atoms with E-state index in [1.165, 1.54) is 11.0 Å². The Hall–Kier alpha value is -4.73. The number of nitrogens with one attached hydrogen (secondary N) is 2. The van der Waals surface area contributed by atoms with E-state index in [4.69, 9.17) is 4.74 Å². The zero-order valence-corrected chi connectivity index (χ0v) is 20.2. The zero-order chi connectivity index (χ0) is 26.4. The summed E-state index contributed by atoms with van der Waals surface area (Å²) in [5, 5.41) is 9.97. The van der Waals surface area contributed by atoms with Crippen LogP contribution in [0.2, 0.25) is 0 Å². The Bertz CT molecular complexity index is 1390. The van der Waals surface area contributed by atoms with E-state index in [1.807, 2.05) is 42.5 Å². The molecule has 4 aromatic rings. The van der Waals surface area contributed by atoms with Crippen molar-refractivity contribution in [2.45, 2.75) is 6.92 Å². The van der Waals surface area contributed by atoms with Crippen molar-refractivity contribution in [2.24, 2.45) is 0 Å². The maximum atomic E-state index is 13.5. The van der Waals surface area contributed by atoms with Crippen molar-refractivity contribution >= 4 is 23.4 Å². The van der Waals surface area contributed by atoms with Gasteiger partial charge in [0.1, 0.15) is 18.1 Å². The summed E-state index contributed by atoms with van der Waals surface area (Å²) in [6.07, 6.45) is 0. The molecule has 1 aromatic heterocycles. The van der Waals surface area contributed by atoms with Gasteiger partial charge in [-0.1, -0.05) is 30.3 Å². The van der Waals surface area contributed by atoms with Crippen LogP contribution in [-0.2, 0) is 4.79 Å². The number of carbonyl (C=O) groups excluding carboxylic acids is 2. The number of nitrogens with zero attached hydrogens (tertiary/aromatic N) is 3. The lowest BCUT2D eigenvalue weighted by atomic mass is 10.1. The van der Waals surface area contributed by atoms with E-state index in [0.29, 0.717) is 22.9 Å². The molecule has 0 fully saturated rings. The van der Waals surface area contributed by atoms with Crippen LogP contribution < -0.4 is 15.4 Å². The third-order valence-corrected chi connectivity index (χ3v) is 5.54. The molecule has 190 valence electrons. The number of rotatable bonds is 8. The summed E-state index contributed by atoms with van der Waals surface area (Å²) in [6, 6.07) is 20.8. The monoisotopic (exact) mass is 505 g/mol. The van der Waals surface area contributed by atoms with Crippen molar-refractivity contribution in [1.29, 1.82) is 0 Å². The van der Waals surface area contributed by atoms with E-state index < -0.39 is 23.6 Å². The van der Waals surface area contributed by atoms with Gasteiger partial charge < -0.3 is 20.3 Å².